The Morgan fingerprint density at radius 1 is 1.07 bits per heavy atom. The van der Waals surface area contributed by atoms with Crippen LogP contribution in [0.15, 0.2) is 48.8 Å². The molecule has 3 N–H and O–H groups in total. The van der Waals surface area contributed by atoms with Crippen LogP contribution in [0.25, 0.3) is 11.3 Å². The highest BCUT2D eigenvalue weighted by molar-refractivity contribution is 6.35. The summed E-state index contributed by atoms with van der Waals surface area (Å²) in [6.45, 7) is 4.02. The molecule has 2 aromatic heterocycles. The van der Waals surface area contributed by atoms with Crippen molar-refractivity contribution < 1.29 is 5.11 Å². The molecule has 0 aliphatic carbocycles. The minimum atomic E-state index is -0.169. The van der Waals surface area contributed by atoms with E-state index in [1.165, 1.54) is 0 Å². The molecular weight excluding hydrogens is 397 g/mol. The Hall–Kier alpha value is -2.41. The van der Waals surface area contributed by atoms with E-state index < -0.39 is 0 Å². The van der Waals surface area contributed by atoms with Gasteiger partial charge in [0, 0.05) is 39.8 Å². The number of pyridine rings is 1. The Morgan fingerprint density at radius 3 is 2.43 bits per heavy atom. The summed E-state index contributed by atoms with van der Waals surface area (Å²) in [5.41, 5.74) is 2.26. The van der Waals surface area contributed by atoms with Crippen LogP contribution < -0.4 is 10.6 Å². The summed E-state index contributed by atoms with van der Waals surface area (Å²) >= 11 is 12.2. The van der Waals surface area contributed by atoms with Crippen LogP contribution in [0.1, 0.15) is 13.8 Å². The Balaban J connectivity index is 1.99. The van der Waals surface area contributed by atoms with E-state index in [-0.39, 0.29) is 18.6 Å². The summed E-state index contributed by atoms with van der Waals surface area (Å²) < 4.78 is 0. The average Bonchev–Trinajstić information content (AvgIpc) is 2.65. The molecule has 28 heavy (non-hydrogen) atoms. The van der Waals surface area contributed by atoms with E-state index in [1.54, 1.807) is 30.6 Å². The maximum atomic E-state index is 9.64. The highest BCUT2D eigenvalue weighted by Crippen LogP contribution is 2.27. The Labute approximate surface area is 174 Å². The fourth-order valence-electron chi connectivity index (χ4n) is 2.60. The van der Waals surface area contributed by atoms with Crippen LogP contribution in [0.5, 0.6) is 0 Å². The minimum Gasteiger partial charge on any atom is -0.394 e. The maximum absolute atomic E-state index is 9.64. The van der Waals surface area contributed by atoms with Crippen molar-refractivity contribution in [3.8, 4) is 11.3 Å². The number of aliphatic hydroxyl groups is 1. The van der Waals surface area contributed by atoms with Gasteiger partial charge in [-0.25, -0.2) is 4.98 Å². The van der Waals surface area contributed by atoms with E-state index in [4.69, 9.17) is 23.2 Å². The van der Waals surface area contributed by atoms with Gasteiger partial charge in [-0.2, -0.15) is 4.98 Å². The third-order valence-electron chi connectivity index (χ3n) is 4.13. The summed E-state index contributed by atoms with van der Waals surface area (Å²) in [7, 11) is 0. The average molecular weight is 418 g/mol. The Bertz CT molecular complexity index is 917. The zero-order valence-electron chi connectivity index (χ0n) is 15.5. The Morgan fingerprint density at radius 2 is 1.82 bits per heavy atom. The number of nitrogens with zero attached hydrogens (tertiary/aromatic N) is 3. The predicted molar refractivity (Wildman–Crippen MR) is 114 cm³/mol. The van der Waals surface area contributed by atoms with Gasteiger partial charge in [-0.15, -0.1) is 0 Å². The SMILES string of the molecule is CC(C)[C@@H](CO)Nc1nc(Nc2cc(Cl)cc(Cl)c2)cc(-c2cccnc2)n1. The first-order valence-corrected chi connectivity index (χ1v) is 9.60. The lowest BCUT2D eigenvalue weighted by molar-refractivity contribution is 0.248. The highest BCUT2D eigenvalue weighted by atomic mass is 35.5. The normalized spacial score (nSPS) is 12.1. The highest BCUT2D eigenvalue weighted by Gasteiger charge is 2.15. The standard InChI is InChI=1S/C20H21Cl2N5O/c1-12(2)18(11-28)26-20-25-17(13-4-3-5-23-10-13)9-19(27-20)24-16-7-14(21)6-15(22)8-16/h3-10,12,18,28H,11H2,1-2H3,(H2,24,25,26,27)/t18-/m1/s1. The molecule has 0 spiro atoms. The molecule has 3 aromatic rings. The monoisotopic (exact) mass is 417 g/mol. The van der Waals surface area contributed by atoms with Gasteiger partial charge in [0.25, 0.3) is 0 Å². The maximum Gasteiger partial charge on any atom is 0.225 e. The van der Waals surface area contributed by atoms with Crippen molar-refractivity contribution in [2.45, 2.75) is 19.9 Å². The van der Waals surface area contributed by atoms with E-state index in [1.807, 2.05) is 32.0 Å². The molecule has 0 bridgehead atoms. The van der Waals surface area contributed by atoms with Crippen molar-refractivity contribution in [2.75, 3.05) is 17.2 Å². The second kappa shape index (κ2) is 9.19. The van der Waals surface area contributed by atoms with Crippen molar-refractivity contribution in [1.29, 1.82) is 0 Å². The van der Waals surface area contributed by atoms with Gasteiger partial charge in [-0.3, -0.25) is 4.98 Å². The topological polar surface area (TPSA) is 83.0 Å². The van der Waals surface area contributed by atoms with E-state index in [0.717, 1.165) is 5.56 Å². The van der Waals surface area contributed by atoms with Crippen molar-refractivity contribution in [2.24, 2.45) is 5.92 Å². The van der Waals surface area contributed by atoms with Crippen LogP contribution in [-0.4, -0.2) is 32.7 Å². The van der Waals surface area contributed by atoms with Crippen LogP contribution in [-0.2, 0) is 0 Å². The summed E-state index contributed by atoms with van der Waals surface area (Å²) in [5, 5.41) is 17.1. The lowest BCUT2D eigenvalue weighted by atomic mass is 10.1. The molecule has 2 heterocycles. The number of halogens is 2. The van der Waals surface area contributed by atoms with Gasteiger partial charge in [0.15, 0.2) is 0 Å². The van der Waals surface area contributed by atoms with Crippen LogP contribution in [0.3, 0.4) is 0 Å². The minimum absolute atomic E-state index is 0.0230. The lowest BCUT2D eigenvalue weighted by Crippen LogP contribution is -2.30. The molecule has 0 fully saturated rings. The number of nitrogens with one attached hydrogen (secondary N) is 2. The van der Waals surface area contributed by atoms with Gasteiger partial charge >= 0.3 is 0 Å². The number of rotatable bonds is 7. The van der Waals surface area contributed by atoms with Crippen LogP contribution >= 0.6 is 23.2 Å². The lowest BCUT2D eigenvalue weighted by Gasteiger charge is -2.20. The van der Waals surface area contributed by atoms with Gasteiger partial charge in [-0.05, 0) is 36.2 Å². The largest absolute Gasteiger partial charge is 0.394 e. The van der Waals surface area contributed by atoms with Crippen molar-refractivity contribution in [3.05, 3.63) is 58.8 Å². The van der Waals surface area contributed by atoms with Gasteiger partial charge in [0.2, 0.25) is 5.95 Å². The molecule has 0 saturated carbocycles. The molecule has 146 valence electrons. The number of anilines is 3. The molecule has 1 aromatic carbocycles. The first kappa shape index (κ1) is 20.3. The number of hydrogen-bond acceptors (Lipinski definition) is 6. The zero-order chi connectivity index (χ0) is 20.1. The first-order chi connectivity index (χ1) is 13.4. The molecule has 0 aliphatic heterocycles. The van der Waals surface area contributed by atoms with Crippen molar-refractivity contribution >= 4 is 40.7 Å². The van der Waals surface area contributed by atoms with Crippen LogP contribution in [0.4, 0.5) is 17.5 Å². The predicted octanol–water partition coefficient (Wildman–Crippen LogP) is 5.02. The van der Waals surface area contributed by atoms with Crippen LogP contribution in [0.2, 0.25) is 10.0 Å². The summed E-state index contributed by atoms with van der Waals surface area (Å²) in [6.07, 6.45) is 3.44. The second-order valence-electron chi connectivity index (χ2n) is 6.66. The summed E-state index contributed by atoms with van der Waals surface area (Å²) in [4.78, 5) is 13.3. The molecule has 1 atom stereocenters. The van der Waals surface area contributed by atoms with E-state index in [2.05, 4.69) is 25.6 Å². The summed E-state index contributed by atoms with van der Waals surface area (Å²) in [5.74, 6) is 1.18. The van der Waals surface area contributed by atoms with Crippen molar-refractivity contribution in [3.63, 3.8) is 0 Å². The quantitative estimate of drug-likeness (QED) is 0.500. The number of benzene rings is 1. The molecule has 0 unspecified atom stereocenters. The molecule has 3 rings (SSSR count). The van der Waals surface area contributed by atoms with E-state index >= 15 is 0 Å². The molecule has 0 radical (unpaired) electrons. The second-order valence-corrected chi connectivity index (χ2v) is 7.54. The smallest absolute Gasteiger partial charge is 0.225 e. The fourth-order valence-corrected chi connectivity index (χ4v) is 3.13. The first-order valence-electron chi connectivity index (χ1n) is 8.84. The molecule has 6 nitrogen and oxygen atoms in total. The molecule has 0 amide bonds. The molecular formula is C20H21Cl2N5O. The van der Waals surface area contributed by atoms with E-state index in [0.29, 0.717) is 33.2 Å². The number of hydrogen-bond donors (Lipinski definition) is 3. The molecule has 0 saturated heterocycles. The third-order valence-corrected chi connectivity index (χ3v) is 4.57. The zero-order valence-corrected chi connectivity index (χ0v) is 17.0. The van der Waals surface area contributed by atoms with E-state index in [9.17, 15) is 5.11 Å². The third kappa shape index (κ3) is 5.32. The fraction of sp³-hybridized carbons (Fsp3) is 0.250. The van der Waals surface area contributed by atoms with Crippen LogP contribution in [0, 0.1) is 5.92 Å². The summed E-state index contributed by atoms with van der Waals surface area (Å²) in [6, 6.07) is 10.6. The van der Waals surface area contributed by atoms with Gasteiger partial charge < -0.3 is 15.7 Å². The number of aliphatic hydroxyl groups excluding tert-OH is 1. The van der Waals surface area contributed by atoms with Gasteiger partial charge in [0.05, 0.1) is 18.3 Å². The van der Waals surface area contributed by atoms with Gasteiger partial charge in [-0.1, -0.05) is 37.0 Å². The molecule has 8 heteroatoms. The molecule has 0 aliphatic rings. The van der Waals surface area contributed by atoms with Gasteiger partial charge in [0.1, 0.15) is 5.82 Å². The number of aromatic nitrogens is 3. The Kier molecular flexibility index (Phi) is 6.67. The van der Waals surface area contributed by atoms with Crippen molar-refractivity contribution in [1.82, 2.24) is 15.0 Å².